The topological polar surface area (TPSA) is 80.5 Å². The lowest BCUT2D eigenvalue weighted by atomic mass is 10.1. The maximum absolute atomic E-state index is 11.8. The molecule has 1 fully saturated rings. The number of pyridine rings is 1. The fourth-order valence-corrected chi connectivity index (χ4v) is 1.97. The zero-order valence-corrected chi connectivity index (χ0v) is 12.0. The van der Waals surface area contributed by atoms with E-state index < -0.39 is 6.04 Å². The molecule has 1 amide bonds. The van der Waals surface area contributed by atoms with E-state index in [4.69, 9.17) is 10.5 Å². The van der Waals surface area contributed by atoms with Crippen molar-refractivity contribution in [3.8, 4) is 0 Å². The van der Waals surface area contributed by atoms with Gasteiger partial charge in [0.15, 0.2) is 0 Å². The predicted octanol–water partition coefficient (Wildman–Crippen LogP) is 0.840. The predicted molar refractivity (Wildman–Crippen MR) is 78.7 cm³/mol. The van der Waals surface area contributed by atoms with Crippen LogP contribution in [0.2, 0.25) is 0 Å². The van der Waals surface area contributed by atoms with Gasteiger partial charge >= 0.3 is 0 Å². The molecule has 0 spiro atoms. The van der Waals surface area contributed by atoms with E-state index in [1.807, 2.05) is 26.0 Å². The van der Waals surface area contributed by atoms with E-state index in [-0.39, 0.29) is 11.8 Å². The first kappa shape index (κ1) is 14.7. The van der Waals surface area contributed by atoms with E-state index in [2.05, 4.69) is 15.2 Å². The number of nitrogens with one attached hydrogen (secondary N) is 1. The highest BCUT2D eigenvalue weighted by Crippen LogP contribution is 2.15. The average Bonchev–Trinajstić information content (AvgIpc) is 2.48. The largest absolute Gasteiger partial charge is 0.378 e. The number of ether oxygens (including phenoxy) is 1. The fourth-order valence-electron chi connectivity index (χ4n) is 1.97. The highest BCUT2D eigenvalue weighted by Gasteiger charge is 2.17. The normalized spacial score (nSPS) is 17.1. The van der Waals surface area contributed by atoms with Crippen LogP contribution in [0.4, 0.5) is 11.5 Å². The van der Waals surface area contributed by atoms with Crippen molar-refractivity contribution >= 4 is 17.4 Å². The summed E-state index contributed by atoms with van der Waals surface area (Å²) in [5.41, 5.74) is 6.47. The van der Waals surface area contributed by atoms with Crippen molar-refractivity contribution in [1.29, 1.82) is 0 Å². The van der Waals surface area contributed by atoms with E-state index in [1.54, 1.807) is 6.20 Å². The van der Waals surface area contributed by atoms with E-state index in [0.717, 1.165) is 32.1 Å². The number of morpholine rings is 1. The molecule has 1 aromatic heterocycles. The SMILES string of the molecule is CC(C)[C@@H](N)C(=O)Nc1ccc(N2CCOCC2)nc1. The third-order valence-electron chi connectivity index (χ3n) is 3.37. The number of hydrogen-bond donors (Lipinski definition) is 2. The van der Waals surface area contributed by atoms with E-state index in [0.29, 0.717) is 5.69 Å². The van der Waals surface area contributed by atoms with Crippen molar-refractivity contribution in [2.24, 2.45) is 11.7 Å². The second-order valence-electron chi connectivity index (χ2n) is 5.26. The van der Waals surface area contributed by atoms with Crippen molar-refractivity contribution < 1.29 is 9.53 Å². The number of aromatic nitrogens is 1. The molecule has 1 aliphatic rings. The van der Waals surface area contributed by atoms with Gasteiger partial charge in [0.25, 0.3) is 0 Å². The Morgan fingerprint density at radius 2 is 2.10 bits per heavy atom. The van der Waals surface area contributed by atoms with Gasteiger partial charge in [-0.3, -0.25) is 4.79 Å². The van der Waals surface area contributed by atoms with E-state index >= 15 is 0 Å². The first-order chi connectivity index (χ1) is 9.58. The molecule has 0 aliphatic carbocycles. The number of anilines is 2. The van der Waals surface area contributed by atoms with Crippen molar-refractivity contribution in [1.82, 2.24) is 4.98 Å². The lowest BCUT2D eigenvalue weighted by molar-refractivity contribution is -0.118. The first-order valence-corrected chi connectivity index (χ1v) is 6.93. The number of nitrogens with two attached hydrogens (primary N) is 1. The molecule has 6 heteroatoms. The molecule has 2 rings (SSSR count). The van der Waals surface area contributed by atoms with Gasteiger partial charge in [0.05, 0.1) is 31.1 Å². The molecule has 1 atom stereocenters. The van der Waals surface area contributed by atoms with Gasteiger partial charge < -0.3 is 20.7 Å². The maximum Gasteiger partial charge on any atom is 0.241 e. The molecule has 1 aromatic rings. The van der Waals surface area contributed by atoms with Crippen LogP contribution in [0.25, 0.3) is 0 Å². The molecule has 1 saturated heterocycles. The minimum atomic E-state index is -0.506. The Kier molecular flexibility index (Phi) is 4.92. The summed E-state index contributed by atoms with van der Waals surface area (Å²) < 4.78 is 5.31. The molecular formula is C14H22N4O2. The van der Waals surface area contributed by atoms with Gasteiger partial charge in [-0.1, -0.05) is 13.8 Å². The number of carbonyl (C=O) groups excluding carboxylic acids is 1. The molecule has 6 nitrogen and oxygen atoms in total. The second kappa shape index (κ2) is 6.67. The van der Waals surface area contributed by atoms with Gasteiger partial charge in [-0.15, -0.1) is 0 Å². The van der Waals surface area contributed by atoms with Crippen LogP contribution < -0.4 is 16.0 Å². The quantitative estimate of drug-likeness (QED) is 0.853. The summed E-state index contributed by atoms with van der Waals surface area (Å²) in [6, 6.07) is 3.25. The van der Waals surface area contributed by atoms with Crippen LogP contribution in [-0.4, -0.2) is 43.2 Å². The average molecular weight is 278 g/mol. The zero-order valence-electron chi connectivity index (χ0n) is 12.0. The van der Waals surface area contributed by atoms with Gasteiger partial charge in [-0.2, -0.15) is 0 Å². The lowest BCUT2D eigenvalue weighted by Crippen LogP contribution is -2.39. The lowest BCUT2D eigenvalue weighted by Gasteiger charge is -2.27. The van der Waals surface area contributed by atoms with Crippen molar-refractivity contribution in [2.45, 2.75) is 19.9 Å². The molecule has 0 unspecified atom stereocenters. The highest BCUT2D eigenvalue weighted by atomic mass is 16.5. The summed E-state index contributed by atoms with van der Waals surface area (Å²) in [5.74, 6) is 0.830. The van der Waals surface area contributed by atoms with Gasteiger partial charge in [0, 0.05) is 13.1 Å². The van der Waals surface area contributed by atoms with Crippen LogP contribution in [0.3, 0.4) is 0 Å². The molecular weight excluding hydrogens is 256 g/mol. The van der Waals surface area contributed by atoms with Crippen LogP contribution in [0, 0.1) is 5.92 Å². The summed E-state index contributed by atoms with van der Waals surface area (Å²) in [6.07, 6.45) is 1.66. The van der Waals surface area contributed by atoms with Gasteiger partial charge in [0.1, 0.15) is 5.82 Å². The Balaban J connectivity index is 1.96. The maximum atomic E-state index is 11.8. The number of hydrogen-bond acceptors (Lipinski definition) is 5. The van der Waals surface area contributed by atoms with E-state index in [9.17, 15) is 4.79 Å². The Hall–Kier alpha value is -1.66. The smallest absolute Gasteiger partial charge is 0.241 e. The Morgan fingerprint density at radius 1 is 1.40 bits per heavy atom. The summed E-state index contributed by atoms with van der Waals surface area (Å²) in [5, 5.41) is 2.78. The van der Waals surface area contributed by atoms with Gasteiger partial charge in [-0.25, -0.2) is 4.98 Å². The van der Waals surface area contributed by atoms with Gasteiger partial charge in [-0.05, 0) is 18.1 Å². The van der Waals surface area contributed by atoms with E-state index in [1.165, 1.54) is 0 Å². The van der Waals surface area contributed by atoms with Crippen molar-refractivity contribution in [3.63, 3.8) is 0 Å². The number of carbonyl (C=O) groups is 1. The van der Waals surface area contributed by atoms with Crippen LogP contribution in [-0.2, 0) is 9.53 Å². The van der Waals surface area contributed by atoms with Crippen LogP contribution in [0.5, 0.6) is 0 Å². The first-order valence-electron chi connectivity index (χ1n) is 6.93. The minimum Gasteiger partial charge on any atom is -0.378 e. The summed E-state index contributed by atoms with van der Waals surface area (Å²) in [6.45, 7) is 6.98. The monoisotopic (exact) mass is 278 g/mol. The second-order valence-corrected chi connectivity index (χ2v) is 5.26. The fraction of sp³-hybridized carbons (Fsp3) is 0.571. The molecule has 0 radical (unpaired) electrons. The molecule has 110 valence electrons. The number of nitrogens with zero attached hydrogens (tertiary/aromatic N) is 2. The van der Waals surface area contributed by atoms with Crippen molar-refractivity contribution in [3.05, 3.63) is 18.3 Å². The standard InChI is InChI=1S/C14H22N4O2/c1-10(2)13(15)14(19)17-11-3-4-12(16-9-11)18-5-7-20-8-6-18/h3-4,9-10,13H,5-8,15H2,1-2H3,(H,17,19)/t13-/m1/s1. The number of rotatable bonds is 4. The summed E-state index contributed by atoms with van der Waals surface area (Å²) >= 11 is 0. The van der Waals surface area contributed by atoms with Gasteiger partial charge in [0.2, 0.25) is 5.91 Å². The molecule has 0 aromatic carbocycles. The van der Waals surface area contributed by atoms with Crippen LogP contribution in [0.1, 0.15) is 13.8 Å². The summed E-state index contributed by atoms with van der Waals surface area (Å²) in [4.78, 5) is 18.4. The van der Waals surface area contributed by atoms with Crippen LogP contribution >= 0.6 is 0 Å². The molecule has 2 heterocycles. The Bertz CT molecular complexity index is 441. The highest BCUT2D eigenvalue weighted by molar-refractivity contribution is 5.94. The summed E-state index contributed by atoms with van der Waals surface area (Å²) in [7, 11) is 0. The molecule has 0 saturated carbocycles. The van der Waals surface area contributed by atoms with Crippen molar-refractivity contribution in [2.75, 3.05) is 36.5 Å². The third-order valence-corrected chi connectivity index (χ3v) is 3.37. The third kappa shape index (κ3) is 3.68. The Labute approximate surface area is 119 Å². The molecule has 0 bridgehead atoms. The zero-order chi connectivity index (χ0) is 14.5. The molecule has 1 aliphatic heterocycles. The minimum absolute atomic E-state index is 0.107. The van der Waals surface area contributed by atoms with Crippen LogP contribution in [0.15, 0.2) is 18.3 Å². The Morgan fingerprint density at radius 3 is 2.65 bits per heavy atom. The molecule has 3 N–H and O–H groups in total. The molecule has 20 heavy (non-hydrogen) atoms. The number of amides is 1.